The van der Waals surface area contributed by atoms with E-state index in [0.29, 0.717) is 42.4 Å². The smallest absolute Gasteiger partial charge is 0.306 e. The lowest BCUT2D eigenvalue weighted by atomic mass is 9.45. The summed E-state index contributed by atoms with van der Waals surface area (Å²) >= 11 is 0. The number of allylic oxidation sites excluding steroid dienone is 2. The summed E-state index contributed by atoms with van der Waals surface area (Å²) in [6.07, 6.45) is 29.8. The molecule has 0 spiro atoms. The summed E-state index contributed by atoms with van der Waals surface area (Å²) < 4.78 is 6.03. The number of aliphatic hydroxyl groups is 2. The Morgan fingerprint density at radius 1 is 0.854 bits per heavy atom. The third-order valence-electron chi connectivity index (χ3n) is 14.5. The van der Waals surface area contributed by atoms with Crippen LogP contribution in [-0.2, 0) is 9.53 Å². The molecule has 4 rings (SSSR count). The second-order valence-corrected chi connectivity index (χ2v) is 18.0. The van der Waals surface area contributed by atoms with Crippen molar-refractivity contribution in [3.63, 3.8) is 0 Å². The first-order chi connectivity index (χ1) is 22.9. The molecule has 276 valence electrons. The second-order valence-electron chi connectivity index (χ2n) is 18.0. The number of carbonyl (C=O) groups is 1. The van der Waals surface area contributed by atoms with Gasteiger partial charge in [-0.3, -0.25) is 4.79 Å². The van der Waals surface area contributed by atoms with Gasteiger partial charge in [0.05, 0.1) is 11.7 Å². The van der Waals surface area contributed by atoms with Gasteiger partial charge in [-0.2, -0.15) is 0 Å². The number of hydrogen-bond acceptors (Lipinski definition) is 4. The van der Waals surface area contributed by atoms with Gasteiger partial charge in [-0.05, 0) is 91.9 Å². The van der Waals surface area contributed by atoms with Crippen LogP contribution in [0.5, 0.6) is 0 Å². The summed E-state index contributed by atoms with van der Waals surface area (Å²) in [6.45, 7) is 16.3. The van der Waals surface area contributed by atoms with E-state index in [4.69, 9.17) is 4.74 Å². The highest BCUT2D eigenvalue weighted by atomic mass is 16.5. The van der Waals surface area contributed by atoms with Crippen molar-refractivity contribution in [2.45, 2.75) is 201 Å². The molecule has 0 aliphatic heterocycles. The monoisotopic (exact) mass is 669 g/mol. The molecule has 0 bridgehead atoms. The molecule has 0 aromatic carbocycles. The van der Waals surface area contributed by atoms with Crippen LogP contribution in [-0.4, -0.2) is 34.0 Å². The molecule has 4 aliphatic carbocycles. The predicted molar refractivity (Wildman–Crippen MR) is 201 cm³/mol. The van der Waals surface area contributed by atoms with E-state index in [9.17, 15) is 15.0 Å². The molecule has 1 unspecified atom stereocenters. The van der Waals surface area contributed by atoms with Crippen molar-refractivity contribution in [2.24, 2.45) is 46.3 Å². The number of fused-ring (bicyclic) bond motifs is 5. The van der Waals surface area contributed by atoms with Crippen molar-refractivity contribution < 1.29 is 19.7 Å². The highest BCUT2D eigenvalue weighted by Crippen LogP contribution is 2.68. The van der Waals surface area contributed by atoms with Crippen molar-refractivity contribution in [3.05, 3.63) is 23.8 Å². The Balaban J connectivity index is 1.23. The Labute approximate surface area is 296 Å². The van der Waals surface area contributed by atoms with Gasteiger partial charge in [-0.15, -0.1) is 0 Å². The molecule has 3 saturated carbocycles. The molecular weight excluding hydrogens is 592 g/mol. The maximum absolute atomic E-state index is 12.8. The number of ether oxygens (including phenoxy) is 1. The molecule has 48 heavy (non-hydrogen) atoms. The topological polar surface area (TPSA) is 66.8 Å². The maximum Gasteiger partial charge on any atom is 0.306 e. The molecule has 10 atom stereocenters. The zero-order valence-electron chi connectivity index (χ0n) is 32.4. The van der Waals surface area contributed by atoms with E-state index in [1.165, 1.54) is 77.0 Å². The second kappa shape index (κ2) is 17.9. The van der Waals surface area contributed by atoms with Crippen molar-refractivity contribution in [1.29, 1.82) is 0 Å². The van der Waals surface area contributed by atoms with Crippen LogP contribution in [0.25, 0.3) is 0 Å². The van der Waals surface area contributed by atoms with Gasteiger partial charge in [-0.1, -0.05) is 144 Å². The third-order valence-corrected chi connectivity index (χ3v) is 14.5. The van der Waals surface area contributed by atoms with Gasteiger partial charge in [0.1, 0.15) is 6.10 Å². The Kier molecular flexibility index (Phi) is 14.8. The van der Waals surface area contributed by atoms with Gasteiger partial charge in [0.15, 0.2) is 0 Å². The fourth-order valence-corrected chi connectivity index (χ4v) is 10.7. The van der Waals surface area contributed by atoms with Crippen LogP contribution in [0.4, 0.5) is 0 Å². The molecule has 4 heteroatoms. The van der Waals surface area contributed by atoms with Crippen molar-refractivity contribution >= 4 is 5.97 Å². The normalized spacial score (nSPS) is 36.0. The van der Waals surface area contributed by atoms with Crippen LogP contribution in [0.15, 0.2) is 23.8 Å². The summed E-state index contributed by atoms with van der Waals surface area (Å²) in [7, 11) is 0. The molecule has 0 saturated heterocycles. The first kappa shape index (κ1) is 39.7. The highest BCUT2D eigenvalue weighted by molar-refractivity contribution is 5.69. The number of esters is 1. The molecule has 4 aliphatic rings. The SMILES string of the molecule is CCCCCCCCCCCCCCCC(=O)O[C@H]1CC[C@@]2(C)C(C1)[C@H](O)C=C1[C@@H]3CC[C@H]([C@H](C)/C=C/[C@H](C)C(C)C)[C@@]3(C)CC[C@]12O. The van der Waals surface area contributed by atoms with Crippen LogP contribution in [0.2, 0.25) is 0 Å². The molecule has 0 amide bonds. The zero-order valence-corrected chi connectivity index (χ0v) is 32.4. The average Bonchev–Trinajstić information content (AvgIpc) is 3.41. The molecular formula is C44H76O4. The first-order valence-corrected chi connectivity index (χ1v) is 20.9. The maximum atomic E-state index is 12.8. The summed E-state index contributed by atoms with van der Waals surface area (Å²) in [6, 6.07) is 0. The highest BCUT2D eigenvalue weighted by Gasteiger charge is 2.66. The fraction of sp³-hybridized carbons (Fsp3) is 0.886. The number of aliphatic hydroxyl groups excluding tert-OH is 1. The minimum absolute atomic E-state index is 0.0803. The Morgan fingerprint density at radius 3 is 2.06 bits per heavy atom. The van der Waals surface area contributed by atoms with E-state index in [-0.39, 0.29) is 23.4 Å². The number of hydrogen-bond donors (Lipinski definition) is 2. The van der Waals surface area contributed by atoms with Crippen molar-refractivity contribution in [2.75, 3.05) is 0 Å². The lowest BCUT2D eigenvalue weighted by Gasteiger charge is -2.63. The van der Waals surface area contributed by atoms with Crippen LogP contribution in [0, 0.1) is 46.3 Å². The number of unbranched alkanes of at least 4 members (excludes halogenated alkanes) is 12. The Bertz CT molecular complexity index is 1060. The summed E-state index contributed by atoms with van der Waals surface area (Å²) in [5.41, 5.74) is -0.00205. The van der Waals surface area contributed by atoms with Crippen LogP contribution >= 0.6 is 0 Å². The quantitative estimate of drug-likeness (QED) is 0.0816. The Morgan fingerprint density at radius 2 is 1.46 bits per heavy atom. The summed E-state index contributed by atoms with van der Waals surface area (Å²) in [4.78, 5) is 12.8. The van der Waals surface area contributed by atoms with E-state index >= 15 is 0 Å². The van der Waals surface area contributed by atoms with Crippen molar-refractivity contribution in [3.8, 4) is 0 Å². The molecule has 0 radical (unpaired) electrons. The van der Waals surface area contributed by atoms with E-state index in [1.807, 2.05) is 0 Å². The summed E-state index contributed by atoms with van der Waals surface area (Å²) in [5, 5.41) is 24.3. The van der Waals surface area contributed by atoms with E-state index in [0.717, 1.165) is 50.5 Å². The van der Waals surface area contributed by atoms with E-state index in [1.54, 1.807) is 0 Å². The molecule has 2 N–H and O–H groups in total. The fourth-order valence-electron chi connectivity index (χ4n) is 10.7. The number of carbonyl (C=O) groups excluding carboxylic acids is 1. The molecule has 0 heterocycles. The van der Waals surface area contributed by atoms with Crippen LogP contribution in [0.1, 0.15) is 183 Å². The van der Waals surface area contributed by atoms with E-state index < -0.39 is 17.1 Å². The van der Waals surface area contributed by atoms with Gasteiger partial charge in [0.2, 0.25) is 0 Å². The molecule has 4 nitrogen and oxygen atoms in total. The number of rotatable bonds is 19. The van der Waals surface area contributed by atoms with Crippen molar-refractivity contribution in [1.82, 2.24) is 0 Å². The van der Waals surface area contributed by atoms with Gasteiger partial charge < -0.3 is 14.9 Å². The largest absolute Gasteiger partial charge is 0.462 e. The predicted octanol–water partition coefficient (Wildman–Crippen LogP) is 11.5. The minimum atomic E-state index is -0.884. The average molecular weight is 669 g/mol. The van der Waals surface area contributed by atoms with E-state index in [2.05, 4.69) is 66.7 Å². The van der Waals surface area contributed by atoms with Crippen LogP contribution < -0.4 is 0 Å². The Hall–Kier alpha value is -1.13. The molecule has 0 aromatic rings. The molecule has 0 aromatic heterocycles. The standard InChI is InChI=1S/C44H76O4/c1-8-9-10-11-12-13-14-15-16-17-18-19-20-21-41(46)48-35-26-27-43(7)39(30-35)40(45)31-38-37-25-24-36(34(5)23-22-33(4)32(2)3)42(37,6)28-29-44(38,43)47/h22-23,31-37,39-40,45,47H,8-21,24-30H2,1-7H3/b23-22+/t33-,34+,35-,36+,37-,39?,40+,42+,43-,44-/m0/s1. The minimum Gasteiger partial charge on any atom is -0.462 e. The molecule has 3 fully saturated rings. The third kappa shape index (κ3) is 9.02. The van der Waals surface area contributed by atoms with Gasteiger partial charge in [0.25, 0.3) is 0 Å². The van der Waals surface area contributed by atoms with Gasteiger partial charge in [-0.25, -0.2) is 0 Å². The van der Waals surface area contributed by atoms with Gasteiger partial charge >= 0.3 is 5.97 Å². The lowest BCUT2D eigenvalue weighted by Crippen LogP contribution is -2.64. The first-order valence-electron chi connectivity index (χ1n) is 20.9. The summed E-state index contributed by atoms with van der Waals surface area (Å²) in [5.74, 6) is 2.48. The van der Waals surface area contributed by atoms with Gasteiger partial charge in [0, 0.05) is 17.8 Å². The zero-order chi connectivity index (χ0) is 35.0. The lowest BCUT2D eigenvalue weighted by molar-refractivity contribution is -0.185. The van der Waals surface area contributed by atoms with Crippen LogP contribution in [0.3, 0.4) is 0 Å².